The number of nitrogens with one attached hydrogen (secondary N) is 1. The van der Waals surface area contributed by atoms with Gasteiger partial charge in [-0.2, -0.15) is 0 Å². The number of ether oxygens (including phenoxy) is 1. The second-order valence-electron chi connectivity index (χ2n) is 7.75. The van der Waals surface area contributed by atoms with Crippen LogP contribution in [-0.4, -0.2) is 50.1 Å². The first kappa shape index (κ1) is 23.9. The molecule has 5 heteroatoms. The summed E-state index contributed by atoms with van der Waals surface area (Å²) in [6.45, 7) is 3.59. The van der Waals surface area contributed by atoms with E-state index in [1.807, 2.05) is 14.1 Å². The van der Waals surface area contributed by atoms with Crippen molar-refractivity contribution < 1.29 is 19.1 Å². The molecule has 0 amide bonds. The number of unbranched alkanes of at least 4 members (excludes halogenated alkanes) is 9. The molecule has 0 radical (unpaired) electrons. The molecule has 0 fully saturated rings. The highest BCUT2D eigenvalue weighted by Gasteiger charge is 2.15. The number of carboxylic acids is 1. The Balaban J connectivity index is 3.40. The lowest BCUT2D eigenvalue weighted by atomic mass is 10.1. The number of hydrogen-bond donors (Lipinski definition) is 1. The van der Waals surface area contributed by atoms with Crippen LogP contribution in [0.25, 0.3) is 0 Å². The summed E-state index contributed by atoms with van der Waals surface area (Å²) < 4.78 is 5.84. The number of hydrogen-bond acceptors (Lipinski definition) is 4. The van der Waals surface area contributed by atoms with Crippen molar-refractivity contribution in [2.24, 2.45) is 0 Å². The van der Waals surface area contributed by atoms with Crippen molar-refractivity contribution in [3.05, 3.63) is 0 Å². The quantitative estimate of drug-likeness (QED) is 0.188. The van der Waals surface area contributed by atoms with Gasteiger partial charge in [0.2, 0.25) is 0 Å². The number of aliphatic carboxylic acids is 1. The standard InChI is InChI=1S/C20H40N2O3/c1-4-5-6-7-8-9-10-11-12-13-17-25-19(21)15-14-16-22(2,3)18-20(23)24/h21H,4-18H2,1-3H3. The Labute approximate surface area is 154 Å². The van der Waals surface area contributed by atoms with Gasteiger partial charge >= 0.3 is 0 Å². The van der Waals surface area contributed by atoms with Crippen molar-refractivity contribution in [2.75, 3.05) is 33.8 Å². The Morgan fingerprint density at radius 3 is 1.96 bits per heavy atom. The van der Waals surface area contributed by atoms with Crippen molar-refractivity contribution in [1.29, 1.82) is 5.41 Å². The highest BCUT2D eigenvalue weighted by atomic mass is 16.5. The van der Waals surface area contributed by atoms with Gasteiger partial charge in [0.1, 0.15) is 6.54 Å². The van der Waals surface area contributed by atoms with Crippen LogP contribution < -0.4 is 5.11 Å². The second kappa shape index (κ2) is 15.2. The zero-order valence-corrected chi connectivity index (χ0v) is 16.8. The van der Waals surface area contributed by atoms with Crippen LogP contribution in [0.1, 0.15) is 84.0 Å². The van der Waals surface area contributed by atoms with E-state index in [1.165, 1.54) is 57.8 Å². The molecule has 0 aliphatic rings. The van der Waals surface area contributed by atoms with Gasteiger partial charge in [-0.05, 0) is 6.42 Å². The summed E-state index contributed by atoms with van der Waals surface area (Å²) in [5.74, 6) is -0.707. The summed E-state index contributed by atoms with van der Waals surface area (Å²) in [4.78, 5) is 10.6. The minimum atomic E-state index is -1.03. The summed E-state index contributed by atoms with van der Waals surface area (Å²) in [5.41, 5.74) is 0. The highest BCUT2D eigenvalue weighted by Crippen LogP contribution is 2.10. The van der Waals surface area contributed by atoms with Crippen molar-refractivity contribution in [2.45, 2.75) is 84.0 Å². The van der Waals surface area contributed by atoms with Gasteiger partial charge in [0.25, 0.3) is 0 Å². The monoisotopic (exact) mass is 356 g/mol. The van der Waals surface area contributed by atoms with Crippen LogP contribution in [0.5, 0.6) is 0 Å². The molecule has 0 saturated carbocycles. The molecule has 0 aliphatic carbocycles. The highest BCUT2D eigenvalue weighted by molar-refractivity contribution is 5.72. The molecule has 0 aromatic carbocycles. The SMILES string of the molecule is CCCCCCCCCCCCOC(=N)CCC[N+](C)(C)CC(=O)[O-]. The maximum absolute atomic E-state index is 10.6. The Hall–Kier alpha value is -1.10. The van der Waals surface area contributed by atoms with Crippen LogP contribution in [-0.2, 0) is 9.53 Å². The Kier molecular flexibility index (Phi) is 14.5. The van der Waals surface area contributed by atoms with Crippen LogP contribution >= 0.6 is 0 Å². The van der Waals surface area contributed by atoms with Gasteiger partial charge in [0, 0.05) is 12.8 Å². The first-order chi connectivity index (χ1) is 11.9. The predicted molar refractivity (Wildman–Crippen MR) is 102 cm³/mol. The molecule has 1 N–H and O–H groups in total. The number of rotatable bonds is 17. The van der Waals surface area contributed by atoms with E-state index in [9.17, 15) is 9.90 Å². The minimum Gasteiger partial charge on any atom is -0.544 e. The number of carboxylic acid groups (broad SMARTS) is 1. The third kappa shape index (κ3) is 17.5. The molecule has 0 saturated heterocycles. The van der Waals surface area contributed by atoms with Gasteiger partial charge in [-0.25, -0.2) is 0 Å². The Bertz CT molecular complexity index is 357. The first-order valence-electron chi connectivity index (χ1n) is 10.1. The largest absolute Gasteiger partial charge is 0.544 e. The maximum atomic E-state index is 10.6. The van der Waals surface area contributed by atoms with E-state index in [0.717, 1.165) is 12.8 Å². The van der Waals surface area contributed by atoms with Gasteiger partial charge in [-0.15, -0.1) is 0 Å². The number of carbonyl (C=O) groups excluding carboxylic acids is 1. The van der Waals surface area contributed by atoms with Crippen molar-refractivity contribution in [3.8, 4) is 0 Å². The normalized spacial score (nSPS) is 11.5. The van der Waals surface area contributed by atoms with E-state index in [2.05, 4.69) is 6.92 Å². The predicted octanol–water partition coefficient (Wildman–Crippen LogP) is 3.51. The van der Waals surface area contributed by atoms with Gasteiger partial charge in [0.15, 0.2) is 5.90 Å². The number of likely N-dealkylation sites (N-methyl/N-ethyl adjacent to an activating group) is 1. The summed E-state index contributed by atoms with van der Waals surface area (Å²) in [7, 11) is 3.73. The van der Waals surface area contributed by atoms with E-state index in [-0.39, 0.29) is 6.54 Å². The summed E-state index contributed by atoms with van der Waals surface area (Å²) in [6.07, 6.45) is 14.3. The van der Waals surface area contributed by atoms with E-state index in [1.54, 1.807) is 0 Å². The summed E-state index contributed by atoms with van der Waals surface area (Å²) in [6, 6.07) is 0. The van der Waals surface area contributed by atoms with Crippen LogP contribution in [0.3, 0.4) is 0 Å². The molecule has 0 bridgehead atoms. The fourth-order valence-corrected chi connectivity index (χ4v) is 2.95. The van der Waals surface area contributed by atoms with Gasteiger partial charge < -0.3 is 19.1 Å². The second-order valence-corrected chi connectivity index (χ2v) is 7.75. The fourth-order valence-electron chi connectivity index (χ4n) is 2.95. The van der Waals surface area contributed by atoms with E-state index in [0.29, 0.717) is 30.0 Å². The van der Waals surface area contributed by atoms with Crippen LogP contribution in [0.2, 0.25) is 0 Å². The third-order valence-electron chi connectivity index (χ3n) is 4.50. The summed E-state index contributed by atoms with van der Waals surface area (Å²) >= 11 is 0. The Morgan fingerprint density at radius 1 is 0.920 bits per heavy atom. The van der Waals surface area contributed by atoms with Crippen molar-refractivity contribution >= 4 is 11.9 Å². The van der Waals surface area contributed by atoms with Crippen LogP contribution in [0.4, 0.5) is 0 Å². The lowest BCUT2D eigenvalue weighted by Crippen LogP contribution is -2.48. The molecule has 148 valence electrons. The molecule has 0 aliphatic heterocycles. The molecule has 0 heterocycles. The van der Waals surface area contributed by atoms with E-state index < -0.39 is 5.97 Å². The third-order valence-corrected chi connectivity index (χ3v) is 4.50. The van der Waals surface area contributed by atoms with Crippen molar-refractivity contribution in [1.82, 2.24) is 0 Å². The molecular weight excluding hydrogens is 316 g/mol. The molecule has 5 nitrogen and oxygen atoms in total. The molecule has 25 heavy (non-hydrogen) atoms. The lowest BCUT2D eigenvalue weighted by molar-refractivity contribution is -0.884. The molecule has 0 aromatic heterocycles. The van der Waals surface area contributed by atoms with Gasteiger partial charge in [-0.3, -0.25) is 5.41 Å². The lowest BCUT2D eigenvalue weighted by Gasteiger charge is -2.30. The van der Waals surface area contributed by atoms with Gasteiger partial charge in [0.05, 0.1) is 33.2 Å². The average Bonchev–Trinajstić information content (AvgIpc) is 2.51. The van der Waals surface area contributed by atoms with Gasteiger partial charge in [-0.1, -0.05) is 64.7 Å². The Morgan fingerprint density at radius 2 is 1.44 bits per heavy atom. The molecule has 0 atom stereocenters. The van der Waals surface area contributed by atoms with Crippen LogP contribution in [0, 0.1) is 5.41 Å². The van der Waals surface area contributed by atoms with Crippen LogP contribution in [0.15, 0.2) is 0 Å². The summed E-state index contributed by atoms with van der Waals surface area (Å²) in [5, 5.41) is 18.5. The van der Waals surface area contributed by atoms with Crippen molar-refractivity contribution in [3.63, 3.8) is 0 Å². The molecule has 0 unspecified atom stereocenters. The first-order valence-corrected chi connectivity index (χ1v) is 10.1. The smallest absolute Gasteiger partial charge is 0.180 e. The number of quaternary nitrogens is 1. The average molecular weight is 357 g/mol. The van der Waals surface area contributed by atoms with E-state index >= 15 is 0 Å². The maximum Gasteiger partial charge on any atom is 0.180 e. The molecular formula is C20H40N2O3. The molecule has 0 aromatic rings. The molecule has 0 spiro atoms. The number of carbonyl (C=O) groups is 1. The topological polar surface area (TPSA) is 73.2 Å². The number of nitrogens with zero attached hydrogens (tertiary/aromatic N) is 1. The van der Waals surface area contributed by atoms with E-state index in [4.69, 9.17) is 10.1 Å². The fraction of sp³-hybridized carbons (Fsp3) is 0.900. The minimum absolute atomic E-state index is 0.00674. The zero-order valence-electron chi connectivity index (χ0n) is 16.8. The molecule has 0 rings (SSSR count). The zero-order chi connectivity index (χ0) is 19.0.